The van der Waals surface area contributed by atoms with Gasteiger partial charge < -0.3 is 14.4 Å². The highest BCUT2D eigenvalue weighted by molar-refractivity contribution is 5.94. The number of hydrogen-bond donors (Lipinski definition) is 0. The first kappa shape index (κ1) is 13.9. The summed E-state index contributed by atoms with van der Waals surface area (Å²) in [4.78, 5) is 14.3. The van der Waals surface area contributed by atoms with Gasteiger partial charge in [-0.3, -0.25) is 4.79 Å². The van der Waals surface area contributed by atoms with E-state index in [2.05, 4.69) is 0 Å². The highest BCUT2D eigenvalue weighted by atomic mass is 16.5. The van der Waals surface area contributed by atoms with Crippen LogP contribution >= 0.6 is 0 Å². The first-order valence-electron chi connectivity index (χ1n) is 6.77. The average molecular weight is 263 g/mol. The zero-order valence-electron chi connectivity index (χ0n) is 11.8. The third kappa shape index (κ3) is 3.26. The predicted molar refractivity (Wildman–Crippen MR) is 73.5 cm³/mol. The molecule has 1 amide bonds. The van der Waals surface area contributed by atoms with E-state index in [0.29, 0.717) is 25.3 Å². The molecule has 2 rings (SSSR count). The van der Waals surface area contributed by atoms with E-state index in [9.17, 15) is 4.79 Å². The quantitative estimate of drug-likeness (QED) is 0.840. The number of rotatable bonds is 3. The van der Waals surface area contributed by atoms with E-state index >= 15 is 0 Å². The minimum atomic E-state index is 0.0608. The second kappa shape index (κ2) is 6.06. The van der Waals surface area contributed by atoms with Gasteiger partial charge in [-0.1, -0.05) is 0 Å². The van der Waals surface area contributed by atoms with Crippen LogP contribution in [0.4, 0.5) is 0 Å². The van der Waals surface area contributed by atoms with Crippen molar-refractivity contribution in [2.24, 2.45) is 0 Å². The molecule has 0 bridgehead atoms. The third-order valence-corrected chi connectivity index (χ3v) is 3.28. The van der Waals surface area contributed by atoms with E-state index < -0.39 is 0 Å². The fraction of sp³-hybridized carbons (Fsp3) is 0.533. The summed E-state index contributed by atoms with van der Waals surface area (Å²) in [6, 6.07) is 7.44. The van der Waals surface area contributed by atoms with E-state index in [1.807, 2.05) is 49.9 Å². The summed E-state index contributed by atoms with van der Waals surface area (Å²) >= 11 is 0. The topological polar surface area (TPSA) is 38.8 Å². The minimum absolute atomic E-state index is 0.0608. The molecule has 2 atom stereocenters. The highest BCUT2D eigenvalue weighted by Crippen LogP contribution is 2.18. The Balaban J connectivity index is 2.09. The maximum Gasteiger partial charge on any atom is 0.254 e. The molecule has 1 heterocycles. The first-order valence-corrected chi connectivity index (χ1v) is 6.77. The molecule has 0 spiro atoms. The Labute approximate surface area is 114 Å². The summed E-state index contributed by atoms with van der Waals surface area (Å²) in [6.07, 6.45) is 0.0999. The molecule has 1 aromatic rings. The summed E-state index contributed by atoms with van der Waals surface area (Å²) in [5.74, 6) is 0.855. The second-order valence-corrected chi connectivity index (χ2v) is 4.91. The molecular formula is C15H21NO3. The SMILES string of the molecule is CCOc1ccc(C(=O)N2CC(C)OCC2C)cc1. The molecule has 1 saturated heterocycles. The molecule has 1 aromatic carbocycles. The van der Waals surface area contributed by atoms with Gasteiger partial charge in [0.25, 0.3) is 5.91 Å². The summed E-state index contributed by atoms with van der Waals surface area (Å²) < 4.78 is 10.9. The van der Waals surface area contributed by atoms with Crippen LogP contribution in [0.3, 0.4) is 0 Å². The Morgan fingerprint density at radius 1 is 1.37 bits per heavy atom. The zero-order chi connectivity index (χ0) is 13.8. The van der Waals surface area contributed by atoms with Crippen LogP contribution in [0.2, 0.25) is 0 Å². The molecule has 0 aromatic heterocycles. The fourth-order valence-electron chi connectivity index (χ4n) is 2.21. The standard InChI is InChI=1S/C15H21NO3/c1-4-18-14-7-5-13(6-8-14)15(17)16-9-12(3)19-10-11(16)2/h5-8,11-12H,4,9-10H2,1-3H3. The van der Waals surface area contributed by atoms with Crippen LogP contribution < -0.4 is 4.74 Å². The number of morpholine rings is 1. The first-order chi connectivity index (χ1) is 9.11. The van der Waals surface area contributed by atoms with Crippen molar-refractivity contribution in [1.82, 2.24) is 4.90 Å². The Kier molecular flexibility index (Phi) is 4.43. The van der Waals surface area contributed by atoms with E-state index in [4.69, 9.17) is 9.47 Å². The van der Waals surface area contributed by atoms with Crippen molar-refractivity contribution in [3.63, 3.8) is 0 Å². The van der Waals surface area contributed by atoms with Gasteiger partial charge in [0, 0.05) is 12.1 Å². The molecule has 0 saturated carbocycles. The lowest BCUT2D eigenvalue weighted by molar-refractivity contribution is -0.0387. The molecule has 2 unspecified atom stereocenters. The minimum Gasteiger partial charge on any atom is -0.494 e. The number of nitrogens with zero attached hydrogens (tertiary/aromatic N) is 1. The summed E-state index contributed by atoms with van der Waals surface area (Å²) in [7, 11) is 0. The second-order valence-electron chi connectivity index (χ2n) is 4.91. The maximum absolute atomic E-state index is 12.5. The van der Waals surface area contributed by atoms with E-state index in [-0.39, 0.29) is 18.1 Å². The monoisotopic (exact) mass is 263 g/mol. The number of benzene rings is 1. The summed E-state index contributed by atoms with van der Waals surface area (Å²) in [6.45, 7) is 7.82. The van der Waals surface area contributed by atoms with Gasteiger partial charge in [0.15, 0.2) is 0 Å². The lowest BCUT2D eigenvalue weighted by atomic mass is 10.1. The third-order valence-electron chi connectivity index (χ3n) is 3.28. The van der Waals surface area contributed by atoms with Gasteiger partial charge in [0.05, 0.1) is 25.4 Å². The lowest BCUT2D eigenvalue weighted by Gasteiger charge is -2.36. The molecule has 19 heavy (non-hydrogen) atoms. The van der Waals surface area contributed by atoms with Gasteiger partial charge in [0.2, 0.25) is 0 Å². The molecule has 0 aliphatic carbocycles. The van der Waals surface area contributed by atoms with E-state index in [1.54, 1.807) is 0 Å². The van der Waals surface area contributed by atoms with Crippen molar-refractivity contribution in [3.05, 3.63) is 29.8 Å². The zero-order valence-corrected chi connectivity index (χ0v) is 11.8. The smallest absolute Gasteiger partial charge is 0.254 e. The molecule has 0 radical (unpaired) electrons. The van der Waals surface area contributed by atoms with Crippen LogP contribution in [0.15, 0.2) is 24.3 Å². The Morgan fingerprint density at radius 3 is 2.68 bits per heavy atom. The average Bonchev–Trinajstić information content (AvgIpc) is 2.42. The summed E-state index contributed by atoms with van der Waals surface area (Å²) in [5, 5.41) is 0. The fourth-order valence-corrected chi connectivity index (χ4v) is 2.21. The van der Waals surface area contributed by atoms with Crippen LogP contribution in [0, 0.1) is 0 Å². The Hall–Kier alpha value is -1.55. The van der Waals surface area contributed by atoms with Crippen LogP contribution in [0.25, 0.3) is 0 Å². The predicted octanol–water partition coefficient (Wildman–Crippen LogP) is 2.33. The molecule has 1 aliphatic heterocycles. The molecule has 0 N–H and O–H groups in total. The molecule has 4 heteroatoms. The Bertz CT molecular complexity index is 430. The van der Waals surface area contributed by atoms with Crippen LogP contribution in [0.1, 0.15) is 31.1 Å². The largest absolute Gasteiger partial charge is 0.494 e. The Morgan fingerprint density at radius 2 is 2.05 bits per heavy atom. The van der Waals surface area contributed by atoms with E-state index in [0.717, 1.165) is 5.75 Å². The van der Waals surface area contributed by atoms with Crippen LogP contribution in [-0.2, 0) is 4.74 Å². The van der Waals surface area contributed by atoms with Gasteiger partial charge in [-0.25, -0.2) is 0 Å². The maximum atomic E-state index is 12.5. The van der Waals surface area contributed by atoms with Crippen molar-refractivity contribution >= 4 is 5.91 Å². The van der Waals surface area contributed by atoms with Crippen LogP contribution in [0.5, 0.6) is 5.75 Å². The number of carbonyl (C=O) groups is 1. The molecule has 1 fully saturated rings. The van der Waals surface area contributed by atoms with Gasteiger partial charge >= 0.3 is 0 Å². The molecular weight excluding hydrogens is 242 g/mol. The van der Waals surface area contributed by atoms with Crippen molar-refractivity contribution in [3.8, 4) is 5.75 Å². The molecule has 1 aliphatic rings. The lowest BCUT2D eigenvalue weighted by Crippen LogP contribution is -2.50. The van der Waals surface area contributed by atoms with Crippen molar-refractivity contribution in [2.45, 2.75) is 32.9 Å². The van der Waals surface area contributed by atoms with Gasteiger partial charge in [-0.2, -0.15) is 0 Å². The number of hydrogen-bond acceptors (Lipinski definition) is 3. The molecule has 104 valence electrons. The highest BCUT2D eigenvalue weighted by Gasteiger charge is 2.28. The number of carbonyl (C=O) groups excluding carboxylic acids is 1. The van der Waals surface area contributed by atoms with Gasteiger partial charge in [-0.15, -0.1) is 0 Å². The van der Waals surface area contributed by atoms with Crippen molar-refractivity contribution in [1.29, 1.82) is 0 Å². The number of amides is 1. The normalized spacial score (nSPS) is 23.2. The van der Waals surface area contributed by atoms with Gasteiger partial charge in [0.1, 0.15) is 5.75 Å². The number of ether oxygens (including phenoxy) is 2. The van der Waals surface area contributed by atoms with Crippen LogP contribution in [-0.4, -0.2) is 42.7 Å². The van der Waals surface area contributed by atoms with E-state index in [1.165, 1.54) is 0 Å². The summed E-state index contributed by atoms with van der Waals surface area (Å²) in [5.41, 5.74) is 0.699. The molecule has 4 nitrogen and oxygen atoms in total. The van der Waals surface area contributed by atoms with Crippen molar-refractivity contribution in [2.75, 3.05) is 19.8 Å². The van der Waals surface area contributed by atoms with Crippen molar-refractivity contribution < 1.29 is 14.3 Å². The van der Waals surface area contributed by atoms with Gasteiger partial charge in [-0.05, 0) is 45.0 Å².